The molecule has 1 aromatic carbocycles. The molecule has 4 heteroatoms. The molecule has 3 rings (SSSR count). The first-order chi connectivity index (χ1) is 7.40. The Bertz CT molecular complexity index is 383. The summed E-state index contributed by atoms with van der Waals surface area (Å²) >= 11 is 0. The van der Waals surface area contributed by atoms with E-state index in [1.165, 1.54) is 11.1 Å². The van der Waals surface area contributed by atoms with Gasteiger partial charge in [-0.25, -0.2) is 0 Å². The van der Waals surface area contributed by atoms with Crippen molar-refractivity contribution in [1.29, 1.82) is 0 Å². The van der Waals surface area contributed by atoms with Gasteiger partial charge in [0, 0.05) is 24.6 Å². The highest BCUT2D eigenvalue weighted by atomic mass is 35.5. The van der Waals surface area contributed by atoms with Crippen molar-refractivity contribution >= 4 is 12.4 Å². The van der Waals surface area contributed by atoms with Crippen molar-refractivity contribution in [2.24, 2.45) is 0 Å². The fourth-order valence-corrected chi connectivity index (χ4v) is 2.61. The highest BCUT2D eigenvalue weighted by Crippen LogP contribution is 2.37. The zero-order valence-corrected chi connectivity index (χ0v) is 10.0. The highest BCUT2D eigenvalue weighted by molar-refractivity contribution is 5.85. The van der Waals surface area contributed by atoms with Crippen LogP contribution in [0.5, 0.6) is 5.75 Å². The summed E-state index contributed by atoms with van der Waals surface area (Å²) in [5.41, 5.74) is 2.63. The Balaban J connectivity index is 0.000000963. The number of rotatable bonds is 1. The van der Waals surface area contributed by atoms with Crippen LogP contribution in [0.1, 0.15) is 17.0 Å². The Labute approximate surface area is 102 Å². The topological polar surface area (TPSA) is 30.5 Å². The summed E-state index contributed by atoms with van der Waals surface area (Å²) in [6.45, 7) is 2.67. The molecule has 2 heterocycles. The van der Waals surface area contributed by atoms with Crippen molar-refractivity contribution in [3.05, 3.63) is 29.3 Å². The fraction of sp³-hybridized carbons (Fsp3) is 0.500. The molecule has 0 radical (unpaired) electrons. The number of fused-ring (bicyclic) bond motifs is 3. The number of ether oxygens (including phenoxy) is 2. The molecule has 0 amide bonds. The van der Waals surface area contributed by atoms with Gasteiger partial charge in [-0.15, -0.1) is 12.4 Å². The number of benzene rings is 1. The van der Waals surface area contributed by atoms with Crippen molar-refractivity contribution in [1.82, 2.24) is 5.32 Å². The van der Waals surface area contributed by atoms with Gasteiger partial charge in [0.25, 0.3) is 0 Å². The van der Waals surface area contributed by atoms with E-state index in [1.54, 1.807) is 7.11 Å². The van der Waals surface area contributed by atoms with E-state index in [4.69, 9.17) is 9.47 Å². The molecule has 88 valence electrons. The van der Waals surface area contributed by atoms with Crippen molar-refractivity contribution in [2.75, 3.05) is 20.2 Å². The molecule has 2 aliphatic heterocycles. The molecule has 2 aliphatic rings. The lowest BCUT2D eigenvalue weighted by molar-refractivity contribution is 0.0286. The predicted octanol–water partition coefficient (Wildman–Crippen LogP) is 1.70. The molecule has 2 atom stereocenters. The van der Waals surface area contributed by atoms with Crippen molar-refractivity contribution in [2.45, 2.75) is 18.6 Å². The van der Waals surface area contributed by atoms with E-state index in [-0.39, 0.29) is 12.4 Å². The first kappa shape index (κ1) is 11.7. The average molecular weight is 242 g/mol. The molecule has 2 unspecified atom stereocenters. The van der Waals surface area contributed by atoms with Crippen LogP contribution in [-0.4, -0.2) is 26.3 Å². The van der Waals surface area contributed by atoms with Crippen LogP contribution < -0.4 is 10.1 Å². The Morgan fingerprint density at radius 3 is 3.06 bits per heavy atom. The minimum atomic E-state index is 0. The summed E-state index contributed by atoms with van der Waals surface area (Å²) in [7, 11) is 1.72. The minimum absolute atomic E-state index is 0. The number of methoxy groups -OCH3 is 1. The molecule has 1 aromatic rings. The first-order valence-electron chi connectivity index (χ1n) is 5.38. The zero-order valence-electron chi connectivity index (χ0n) is 9.23. The Morgan fingerprint density at radius 2 is 2.25 bits per heavy atom. The lowest BCUT2D eigenvalue weighted by Crippen LogP contribution is -2.27. The maximum Gasteiger partial charge on any atom is 0.124 e. The second kappa shape index (κ2) is 4.62. The third kappa shape index (κ3) is 1.69. The molecular formula is C12H16ClNO2. The van der Waals surface area contributed by atoms with Gasteiger partial charge in [0.05, 0.1) is 19.8 Å². The molecule has 3 nitrogen and oxygen atoms in total. The van der Waals surface area contributed by atoms with E-state index in [0.29, 0.717) is 18.6 Å². The van der Waals surface area contributed by atoms with Gasteiger partial charge in [-0.3, -0.25) is 0 Å². The van der Waals surface area contributed by atoms with E-state index in [9.17, 15) is 0 Å². The molecule has 1 saturated heterocycles. The van der Waals surface area contributed by atoms with Crippen LogP contribution in [0.2, 0.25) is 0 Å². The number of nitrogens with one attached hydrogen (secondary N) is 1. The van der Waals surface area contributed by atoms with Crippen LogP contribution in [0.15, 0.2) is 18.2 Å². The molecule has 0 aliphatic carbocycles. The number of halogens is 1. The standard InChI is InChI=1S/C12H15NO2.ClH/c1-14-11-4-2-3-8-9-5-13-6-12(9)15-7-10(8)11;/h2-4,9,12-13H,5-7H2,1H3;1H. The maximum atomic E-state index is 5.83. The monoisotopic (exact) mass is 241 g/mol. The molecule has 16 heavy (non-hydrogen) atoms. The van der Waals surface area contributed by atoms with Gasteiger partial charge in [-0.2, -0.15) is 0 Å². The highest BCUT2D eigenvalue weighted by Gasteiger charge is 2.35. The molecule has 1 fully saturated rings. The molecule has 0 spiro atoms. The van der Waals surface area contributed by atoms with Crippen LogP contribution >= 0.6 is 12.4 Å². The summed E-state index contributed by atoms with van der Waals surface area (Å²) in [5.74, 6) is 1.46. The summed E-state index contributed by atoms with van der Waals surface area (Å²) in [4.78, 5) is 0. The third-order valence-corrected chi connectivity index (χ3v) is 3.39. The zero-order chi connectivity index (χ0) is 10.3. The predicted molar refractivity (Wildman–Crippen MR) is 64.4 cm³/mol. The minimum Gasteiger partial charge on any atom is -0.496 e. The second-order valence-electron chi connectivity index (χ2n) is 4.14. The summed E-state index contributed by atoms with van der Waals surface area (Å²) in [6, 6.07) is 6.27. The van der Waals surface area contributed by atoms with Crippen LogP contribution in [-0.2, 0) is 11.3 Å². The van der Waals surface area contributed by atoms with Crippen LogP contribution in [0, 0.1) is 0 Å². The van der Waals surface area contributed by atoms with Crippen LogP contribution in [0.3, 0.4) is 0 Å². The van der Waals surface area contributed by atoms with E-state index in [0.717, 1.165) is 18.8 Å². The lowest BCUT2D eigenvalue weighted by atomic mass is 9.89. The summed E-state index contributed by atoms with van der Waals surface area (Å²) in [6.07, 6.45) is 0.351. The van der Waals surface area contributed by atoms with E-state index in [1.807, 2.05) is 6.07 Å². The Hall–Kier alpha value is -0.770. The summed E-state index contributed by atoms with van der Waals surface area (Å²) < 4.78 is 11.2. The quantitative estimate of drug-likeness (QED) is 0.812. The van der Waals surface area contributed by atoms with Gasteiger partial charge in [0.2, 0.25) is 0 Å². The van der Waals surface area contributed by atoms with Gasteiger partial charge in [-0.05, 0) is 11.6 Å². The smallest absolute Gasteiger partial charge is 0.124 e. The summed E-state index contributed by atoms with van der Waals surface area (Å²) in [5, 5.41) is 3.38. The lowest BCUT2D eigenvalue weighted by Gasteiger charge is -2.28. The van der Waals surface area contributed by atoms with Crippen LogP contribution in [0.4, 0.5) is 0 Å². The molecular weight excluding hydrogens is 226 g/mol. The normalized spacial score (nSPS) is 26.6. The van der Waals surface area contributed by atoms with E-state index in [2.05, 4.69) is 17.4 Å². The van der Waals surface area contributed by atoms with Gasteiger partial charge >= 0.3 is 0 Å². The van der Waals surface area contributed by atoms with Crippen LogP contribution in [0.25, 0.3) is 0 Å². The van der Waals surface area contributed by atoms with Gasteiger partial charge < -0.3 is 14.8 Å². The average Bonchev–Trinajstić information content (AvgIpc) is 2.76. The Morgan fingerprint density at radius 1 is 1.38 bits per heavy atom. The van der Waals surface area contributed by atoms with Gasteiger partial charge in [0.15, 0.2) is 0 Å². The van der Waals surface area contributed by atoms with Gasteiger partial charge in [-0.1, -0.05) is 12.1 Å². The van der Waals surface area contributed by atoms with Crippen molar-refractivity contribution < 1.29 is 9.47 Å². The van der Waals surface area contributed by atoms with E-state index >= 15 is 0 Å². The first-order valence-corrected chi connectivity index (χ1v) is 5.38. The molecule has 0 bridgehead atoms. The van der Waals surface area contributed by atoms with Crippen molar-refractivity contribution in [3.63, 3.8) is 0 Å². The molecule has 0 aromatic heterocycles. The number of hydrogen-bond donors (Lipinski definition) is 1. The van der Waals surface area contributed by atoms with Gasteiger partial charge in [0.1, 0.15) is 5.75 Å². The van der Waals surface area contributed by atoms with Crippen molar-refractivity contribution in [3.8, 4) is 5.75 Å². The fourth-order valence-electron chi connectivity index (χ4n) is 2.61. The maximum absolute atomic E-state index is 5.83. The Kier molecular flexibility index (Phi) is 3.38. The number of hydrogen-bond acceptors (Lipinski definition) is 3. The SMILES string of the molecule is COc1cccc2c1COC1CNCC21.Cl. The third-order valence-electron chi connectivity index (χ3n) is 3.39. The second-order valence-corrected chi connectivity index (χ2v) is 4.14. The largest absolute Gasteiger partial charge is 0.496 e. The molecule has 0 saturated carbocycles. The van der Waals surface area contributed by atoms with E-state index < -0.39 is 0 Å². The molecule has 1 N–H and O–H groups in total.